The van der Waals surface area contributed by atoms with Crippen molar-refractivity contribution in [1.82, 2.24) is 14.5 Å². The van der Waals surface area contributed by atoms with Crippen LogP contribution in [0.3, 0.4) is 0 Å². The summed E-state index contributed by atoms with van der Waals surface area (Å²) in [6.07, 6.45) is 6.64. The maximum absolute atomic E-state index is 8.08. The number of aryl methyl sites for hydroxylation is 3. The molecule has 0 fully saturated rings. The maximum Gasteiger partial charge on any atom is 0.287 e. The molecular formula is C22H21N4+. The van der Waals surface area contributed by atoms with Crippen molar-refractivity contribution < 1.29 is 8.68 Å². The zero-order valence-corrected chi connectivity index (χ0v) is 15.0. The standard InChI is InChI=1S/C22H21N4/c1-13-7-8-16-17(10-13)23-12-25(4)21(16)20-15(3)14(2)11-18-22(20)26-9-5-6-19(26)24-18/h5,7-12H,6H2,1-4H3/q+1/i2D3. The number of fused-ring (bicyclic) bond motifs is 4. The molecule has 1 aliphatic heterocycles. The van der Waals surface area contributed by atoms with Crippen molar-refractivity contribution in [2.45, 2.75) is 27.1 Å². The van der Waals surface area contributed by atoms with Crippen LogP contribution in [0, 0.1) is 20.7 Å². The summed E-state index contributed by atoms with van der Waals surface area (Å²) < 4.78 is 28.3. The molecule has 0 amide bonds. The molecule has 5 rings (SSSR count). The second-order valence-electron chi connectivity index (χ2n) is 7.00. The lowest BCUT2D eigenvalue weighted by atomic mass is 9.95. The predicted octanol–water partition coefficient (Wildman–Crippen LogP) is 4.03. The van der Waals surface area contributed by atoms with Crippen molar-refractivity contribution in [3.8, 4) is 11.3 Å². The van der Waals surface area contributed by atoms with Crippen molar-refractivity contribution in [3.63, 3.8) is 0 Å². The lowest BCUT2D eigenvalue weighted by Gasteiger charge is -2.13. The molecule has 4 aromatic rings. The molecule has 1 aliphatic rings. The van der Waals surface area contributed by atoms with Crippen LogP contribution in [0.2, 0.25) is 0 Å². The Bertz CT molecular complexity index is 1350. The molecule has 3 heterocycles. The van der Waals surface area contributed by atoms with Crippen LogP contribution in [-0.2, 0) is 13.5 Å². The van der Waals surface area contributed by atoms with Gasteiger partial charge < -0.3 is 4.57 Å². The summed E-state index contributed by atoms with van der Waals surface area (Å²) in [5, 5.41) is 0.991. The number of allylic oxidation sites excluding steroid dienone is 1. The number of nitrogens with zero attached hydrogens (tertiary/aromatic N) is 4. The molecular weight excluding hydrogens is 320 g/mol. The van der Waals surface area contributed by atoms with Gasteiger partial charge in [-0.25, -0.2) is 9.55 Å². The maximum atomic E-state index is 8.08. The Labute approximate surface area is 156 Å². The summed E-state index contributed by atoms with van der Waals surface area (Å²) in [5.41, 5.74) is 6.64. The van der Waals surface area contributed by atoms with Crippen LogP contribution in [-0.4, -0.2) is 14.5 Å². The minimum atomic E-state index is -2.21. The third kappa shape index (κ3) is 1.99. The molecule has 0 saturated heterocycles. The van der Waals surface area contributed by atoms with Gasteiger partial charge in [0, 0.05) is 16.7 Å². The lowest BCUT2D eigenvalue weighted by Crippen LogP contribution is -2.32. The minimum absolute atomic E-state index is 0.345. The highest BCUT2D eigenvalue weighted by Crippen LogP contribution is 2.37. The Morgan fingerprint density at radius 2 is 2.08 bits per heavy atom. The Kier molecular flexibility index (Phi) is 2.49. The molecule has 0 radical (unpaired) electrons. The average molecular weight is 344 g/mol. The van der Waals surface area contributed by atoms with E-state index in [4.69, 9.17) is 9.10 Å². The van der Waals surface area contributed by atoms with E-state index in [9.17, 15) is 0 Å². The molecule has 128 valence electrons. The van der Waals surface area contributed by atoms with E-state index in [2.05, 4.69) is 33.8 Å². The van der Waals surface area contributed by atoms with Crippen LogP contribution in [0.5, 0.6) is 0 Å². The van der Waals surface area contributed by atoms with Crippen molar-refractivity contribution in [2.24, 2.45) is 7.05 Å². The van der Waals surface area contributed by atoms with Crippen LogP contribution < -0.4 is 4.57 Å². The fourth-order valence-electron chi connectivity index (χ4n) is 3.92. The molecule has 0 saturated carbocycles. The molecule has 0 unspecified atom stereocenters. The van der Waals surface area contributed by atoms with E-state index in [1.54, 1.807) is 12.4 Å². The first-order chi connectivity index (χ1) is 13.8. The first-order valence-electron chi connectivity index (χ1n) is 10.2. The van der Waals surface area contributed by atoms with Crippen molar-refractivity contribution in [2.75, 3.05) is 0 Å². The highest BCUT2D eigenvalue weighted by Gasteiger charge is 2.24. The lowest BCUT2D eigenvalue weighted by molar-refractivity contribution is -0.662. The van der Waals surface area contributed by atoms with Gasteiger partial charge in [-0.15, -0.1) is 0 Å². The molecule has 2 aromatic carbocycles. The molecule has 4 heteroatoms. The highest BCUT2D eigenvalue weighted by atomic mass is 15.1. The number of imidazole rings is 1. The number of hydrogen-bond acceptors (Lipinski definition) is 2. The van der Waals surface area contributed by atoms with E-state index in [-0.39, 0.29) is 0 Å². The van der Waals surface area contributed by atoms with Gasteiger partial charge >= 0.3 is 0 Å². The van der Waals surface area contributed by atoms with Gasteiger partial charge in [-0.1, -0.05) is 12.1 Å². The van der Waals surface area contributed by atoms with Gasteiger partial charge in [0.1, 0.15) is 11.5 Å². The third-order valence-corrected chi connectivity index (χ3v) is 5.23. The first-order valence-corrected chi connectivity index (χ1v) is 8.72. The quantitative estimate of drug-likeness (QED) is 0.489. The van der Waals surface area contributed by atoms with Crippen LogP contribution in [0.4, 0.5) is 0 Å². The smallest absolute Gasteiger partial charge is 0.287 e. The predicted molar refractivity (Wildman–Crippen MR) is 105 cm³/mol. The minimum Gasteiger partial charge on any atom is -0.302 e. The molecule has 0 spiro atoms. The largest absolute Gasteiger partial charge is 0.302 e. The van der Waals surface area contributed by atoms with E-state index in [1.807, 2.05) is 31.7 Å². The molecule has 26 heavy (non-hydrogen) atoms. The zero-order chi connectivity index (χ0) is 20.5. The Hall–Kier alpha value is -3.01. The summed E-state index contributed by atoms with van der Waals surface area (Å²) >= 11 is 0. The zero-order valence-electron chi connectivity index (χ0n) is 18.0. The number of benzene rings is 2. The van der Waals surface area contributed by atoms with Crippen LogP contribution in [0.25, 0.3) is 39.4 Å². The summed E-state index contributed by atoms with van der Waals surface area (Å²) in [4.78, 5) is 9.33. The van der Waals surface area contributed by atoms with Crippen molar-refractivity contribution in [1.29, 1.82) is 0 Å². The summed E-state index contributed by atoms with van der Waals surface area (Å²) in [6, 6.07) is 7.92. The Morgan fingerprint density at radius 1 is 1.19 bits per heavy atom. The Morgan fingerprint density at radius 3 is 2.92 bits per heavy atom. The molecule has 0 N–H and O–H groups in total. The van der Waals surface area contributed by atoms with Gasteiger partial charge in [0.2, 0.25) is 0 Å². The molecule has 4 nitrogen and oxygen atoms in total. The van der Waals surface area contributed by atoms with Crippen LogP contribution >= 0.6 is 0 Å². The second-order valence-corrected chi connectivity index (χ2v) is 7.00. The van der Waals surface area contributed by atoms with Crippen LogP contribution in [0.15, 0.2) is 36.7 Å². The van der Waals surface area contributed by atoms with Gasteiger partial charge in [-0.05, 0) is 60.6 Å². The SMILES string of the molecule is [2H]C([2H])([2H])c1cc2nc3n(c2c(-c2c4ccc(C)cc4nc[n+]2C)c1C)C=CC3. The molecule has 0 bridgehead atoms. The van der Waals surface area contributed by atoms with E-state index < -0.39 is 6.85 Å². The highest BCUT2D eigenvalue weighted by molar-refractivity contribution is 6.02. The fourth-order valence-corrected chi connectivity index (χ4v) is 3.92. The van der Waals surface area contributed by atoms with E-state index in [0.717, 1.165) is 51.0 Å². The molecule has 0 atom stereocenters. The van der Waals surface area contributed by atoms with E-state index in [0.29, 0.717) is 11.1 Å². The van der Waals surface area contributed by atoms with Crippen molar-refractivity contribution >= 4 is 28.1 Å². The second kappa shape index (κ2) is 5.24. The summed E-state index contributed by atoms with van der Waals surface area (Å²) in [5.74, 6) is 0.931. The number of aromatic nitrogens is 4. The summed E-state index contributed by atoms with van der Waals surface area (Å²) in [6.45, 7) is 1.73. The van der Waals surface area contributed by atoms with Gasteiger partial charge in [-0.2, -0.15) is 0 Å². The first kappa shape index (κ1) is 12.4. The fraction of sp³-hybridized carbons (Fsp3) is 0.227. The monoisotopic (exact) mass is 344 g/mol. The number of hydrogen-bond donors (Lipinski definition) is 0. The van der Waals surface area contributed by atoms with Crippen molar-refractivity contribution in [3.05, 3.63) is 59.2 Å². The molecule has 2 aromatic heterocycles. The Balaban J connectivity index is 2.00. The number of rotatable bonds is 1. The third-order valence-electron chi connectivity index (χ3n) is 5.23. The normalized spacial score (nSPS) is 15.3. The van der Waals surface area contributed by atoms with Gasteiger partial charge in [0.05, 0.1) is 29.0 Å². The summed E-state index contributed by atoms with van der Waals surface area (Å²) in [7, 11) is 1.95. The van der Waals surface area contributed by atoms with Gasteiger partial charge in [0.15, 0.2) is 5.52 Å². The van der Waals surface area contributed by atoms with E-state index in [1.165, 1.54) is 0 Å². The molecule has 0 aliphatic carbocycles. The average Bonchev–Trinajstić information content (AvgIpc) is 3.22. The van der Waals surface area contributed by atoms with Gasteiger partial charge in [-0.3, -0.25) is 0 Å². The van der Waals surface area contributed by atoms with Gasteiger partial charge in [0.25, 0.3) is 6.33 Å². The topological polar surface area (TPSA) is 34.6 Å². The van der Waals surface area contributed by atoms with E-state index >= 15 is 0 Å². The van der Waals surface area contributed by atoms with Crippen LogP contribution in [0.1, 0.15) is 26.6 Å².